The highest BCUT2D eigenvalue weighted by Gasteiger charge is 2.25. The van der Waals surface area contributed by atoms with E-state index in [2.05, 4.69) is 29.2 Å². The van der Waals surface area contributed by atoms with E-state index in [0.29, 0.717) is 19.1 Å². The molecule has 1 aromatic rings. The molecule has 21 heavy (non-hydrogen) atoms. The second kappa shape index (κ2) is 8.03. The van der Waals surface area contributed by atoms with Crippen molar-refractivity contribution in [1.29, 1.82) is 0 Å². The Labute approximate surface area is 127 Å². The van der Waals surface area contributed by atoms with Gasteiger partial charge in [-0.05, 0) is 31.4 Å². The van der Waals surface area contributed by atoms with Crippen LogP contribution in [-0.4, -0.2) is 50.7 Å². The highest BCUT2D eigenvalue weighted by atomic mass is 16.5. The highest BCUT2D eigenvalue weighted by Crippen LogP contribution is 2.22. The Balaban J connectivity index is 1.89. The summed E-state index contributed by atoms with van der Waals surface area (Å²) in [5, 5.41) is 0. The average Bonchev–Trinajstić information content (AvgIpc) is 2.55. The lowest BCUT2D eigenvalue weighted by atomic mass is 10.0. The molecule has 4 nitrogen and oxygen atoms in total. The minimum Gasteiger partial charge on any atom is -0.385 e. The molecule has 1 aromatic carbocycles. The number of piperidine rings is 1. The molecule has 0 radical (unpaired) electrons. The lowest BCUT2D eigenvalue weighted by molar-refractivity contribution is -0.132. The maximum Gasteiger partial charge on any atom is 0.222 e. The number of carbonyl (C=O) groups excluding carboxylic acids is 1. The third-order valence-corrected chi connectivity index (χ3v) is 4.20. The number of rotatable bonds is 6. The molecule has 1 aliphatic heterocycles. The first-order chi connectivity index (χ1) is 10.2. The molecular weight excluding hydrogens is 264 g/mol. The van der Waals surface area contributed by atoms with Crippen LogP contribution in [0.15, 0.2) is 30.3 Å². The number of carbonyl (C=O) groups is 1. The molecule has 1 aliphatic rings. The summed E-state index contributed by atoms with van der Waals surface area (Å²) >= 11 is 0. The topological polar surface area (TPSA) is 32.8 Å². The molecule has 0 bridgehead atoms. The number of nitrogens with zero attached hydrogens (tertiary/aromatic N) is 2. The summed E-state index contributed by atoms with van der Waals surface area (Å²) < 4.78 is 5.01. The van der Waals surface area contributed by atoms with E-state index in [1.165, 1.54) is 5.69 Å². The third-order valence-electron chi connectivity index (χ3n) is 4.20. The molecule has 0 aromatic heterocycles. The predicted molar refractivity (Wildman–Crippen MR) is 85.6 cm³/mol. The maximum absolute atomic E-state index is 12.2. The van der Waals surface area contributed by atoms with Crippen LogP contribution in [0, 0.1) is 0 Å². The number of amides is 1. The quantitative estimate of drug-likeness (QED) is 0.755. The lowest BCUT2D eigenvalue weighted by Gasteiger charge is -2.39. The Bertz CT molecular complexity index is 436. The normalized spacial score (nSPS) is 18.6. The summed E-state index contributed by atoms with van der Waals surface area (Å²) in [5.74, 6) is 0.229. The van der Waals surface area contributed by atoms with Crippen molar-refractivity contribution in [3.63, 3.8) is 0 Å². The van der Waals surface area contributed by atoms with Crippen LogP contribution in [0.25, 0.3) is 0 Å². The average molecular weight is 290 g/mol. The summed E-state index contributed by atoms with van der Waals surface area (Å²) in [6.45, 7) is 2.66. The molecule has 2 rings (SSSR count). The first-order valence-electron chi connectivity index (χ1n) is 7.77. The zero-order valence-corrected chi connectivity index (χ0v) is 13.1. The number of hydrogen-bond donors (Lipinski definition) is 0. The summed E-state index contributed by atoms with van der Waals surface area (Å²) in [4.78, 5) is 16.5. The molecule has 0 unspecified atom stereocenters. The highest BCUT2D eigenvalue weighted by molar-refractivity contribution is 5.76. The van der Waals surface area contributed by atoms with Crippen LogP contribution < -0.4 is 4.90 Å². The summed E-state index contributed by atoms with van der Waals surface area (Å²) in [6, 6.07) is 10.8. The molecule has 0 saturated carbocycles. The van der Waals surface area contributed by atoms with Crippen molar-refractivity contribution in [2.75, 3.05) is 38.8 Å². The summed E-state index contributed by atoms with van der Waals surface area (Å²) in [7, 11) is 3.61. The molecule has 1 fully saturated rings. The number of anilines is 1. The standard InChI is InChI=1S/C17H26N2O2/c1-18(17(20)11-7-13-21-2)16-10-6-12-19(14-16)15-8-4-3-5-9-15/h3-5,8-9,16H,6-7,10-14H2,1-2H3/t16-/m1/s1. The molecule has 1 atom stereocenters. The van der Waals surface area contributed by atoms with E-state index >= 15 is 0 Å². The fourth-order valence-electron chi connectivity index (χ4n) is 2.89. The van der Waals surface area contributed by atoms with Crippen molar-refractivity contribution in [1.82, 2.24) is 4.90 Å². The molecular formula is C17H26N2O2. The smallest absolute Gasteiger partial charge is 0.222 e. The van der Waals surface area contributed by atoms with Crippen LogP contribution in [0.5, 0.6) is 0 Å². The zero-order chi connectivity index (χ0) is 15.1. The molecule has 1 saturated heterocycles. The SMILES string of the molecule is COCCCC(=O)N(C)[C@@H]1CCCN(c2ccccc2)C1. The minimum atomic E-state index is 0.229. The Morgan fingerprint density at radius 1 is 1.38 bits per heavy atom. The van der Waals surface area contributed by atoms with Crippen molar-refractivity contribution < 1.29 is 9.53 Å². The van der Waals surface area contributed by atoms with E-state index in [-0.39, 0.29) is 5.91 Å². The number of ether oxygens (including phenoxy) is 1. The monoisotopic (exact) mass is 290 g/mol. The Morgan fingerprint density at radius 2 is 2.14 bits per heavy atom. The second-order valence-corrected chi connectivity index (χ2v) is 5.68. The van der Waals surface area contributed by atoms with Crippen molar-refractivity contribution in [3.05, 3.63) is 30.3 Å². The van der Waals surface area contributed by atoms with Gasteiger partial charge >= 0.3 is 0 Å². The van der Waals surface area contributed by atoms with Gasteiger partial charge in [0.05, 0.1) is 0 Å². The van der Waals surface area contributed by atoms with E-state index in [4.69, 9.17) is 4.74 Å². The number of hydrogen-bond acceptors (Lipinski definition) is 3. The van der Waals surface area contributed by atoms with Crippen molar-refractivity contribution in [3.8, 4) is 0 Å². The van der Waals surface area contributed by atoms with E-state index in [1.807, 2.05) is 18.0 Å². The minimum absolute atomic E-state index is 0.229. The van der Waals surface area contributed by atoms with E-state index in [0.717, 1.165) is 32.4 Å². The van der Waals surface area contributed by atoms with E-state index in [1.54, 1.807) is 7.11 Å². The van der Waals surface area contributed by atoms with Gasteiger partial charge < -0.3 is 14.5 Å². The predicted octanol–water partition coefficient (Wildman–Crippen LogP) is 2.54. The van der Waals surface area contributed by atoms with Crippen LogP contribution in [0.2, 0.25) is 0 Å². The maximum atomic E-state index is 12.2. The first-order valence-corrected chi connectivity index (χ1v) is 7.77. The molecule has 0 N–H and O–H groups in total. The zero-order valence-electron chi connectivity index (χ0n) is 13.1. The van der Waals surface area contributed by atoms with E-state index in [9.17, 15) is 4.79 Å². The van der Waals surface area contributed by atoms with Crippen LogP contribution in [0.3, 0.4) is 0 Å². The van der Waals surface area contributed by atoms with Gasteiger partial charge in [-0.3, -0.25) is 4.79 Å². The van der Waals surface area contributed by atoms with Gasteiger partial charge in [0, 0.05) is 52.0 Å². The largest absolute Gasteiger partial charge is 0.385 e. The van der Waals surface area contributed by atoms with E-state index < -0.39 is 0 Å². The summed E-state index contributed by atoms with van der Waals surface area (Å²) in [6.07, 6.45) is 3.60. The molecule has 1 heterocycles. The van der Waals surface area contributed by atoms with Gasteiger partial charge in [-0.15, -0.1) is 0 Å². The van der Waals surface area contributed by atoms with Crippen molar-refractivity contribution >= 4 is 11.6 Å². The van der Waals surface area contributed by atoms with Gasteiger partial charge in [-0.2, -0.15) is 0 Å². The Hall–Kier alpha value is -1.55. The lowest BCUT2D eigenvalue weighted by Crippen LogP contribution is -2.48. The Morgan fingerprint density at radius 3 is 2.86 bits per heavy atom. The first kappa shape index (κ1) is 15.8. The van der Waals surface area contributed by atoms with Crippen molar-refractivity contribution in [2.45, 2.75) is 31.7 Å². The molecule has 116 valence electrons. The number of benzene rings is 1. The summed E-state index contributed by atoms with van der Waals surface area (Å²) in [5.41, 5.74) is 1.25. The Kier molecular flexibility index (Phi) is 6.05. The van der Waals surface area contributed by atoms with Crippen LogP contribution in [0.1, 0.15) is 25.7 Å². The van der Waals surface area contributed by atoms with Crippen LogP contribution >= 0.6 is 0 Å². The number of likely N-dealkylation sites (N-methyl/N-ethyl adjacent to an activating group) is 1. The number of para-hydroxylation sites is 1. The van der Waals surface area contributed by atoms with Gasteiger partial charge in [-0.25, -0.2) is 0 Å². The molecule has 1 amide bonds. The molecule has 4 heteroatoms. The van der Waals surface area contributed by atoms with Crippen LogP contribution in [-0.2, 0) is 9.53 Å². The van der Waals surface area contributed by atoms with Crippen molar-refractivity contribution in [2.24, 2.45) is 0 Å². The third kappa shape index (κ3) is 4.46. The van der Waals surface area contributed by atoms with Gasteiger partial charge in [0.2, 0.25) is 5.91 Å². The fraction of sp³-hybridized carbons (Fsp3) is 0.588. The van der Waals surface area contributed by atoms with Crippen LogP contribution in [0.4, 0.5) is 5.69 Å². The van der Waals surface area contributed by atoms with Gasteiger partial charge in [-0.1, -0.05) is 18.2 Å². The van der Waals surface area contributed by atoms with Gasteiger partial charge in [0.25, 0.3) is 0 Å². The molecule has 0 spiro atoms. The molecule has 0 aliphatic carbocycles. The fourth-order valence-corrected chi connectivity index (χ4v) is 2.89. The second-order valence-electron chi connectivity index (χ2n) is 5.68. The van der Waals surface area contributed by atoms with Gasteiger partial charge in [0.15, 0.2) is 0 Å². The number of methoxy groups -OCH3 is 1. The van der Waals surface area contributed by atoms with Gasteiger partial charge in [0.1, 0.15) is 0 Å².